The van der Waals surface area contributed by atoms with Gasteiger partial charge in [-0.15, -0.1) is 0 Å². The molecule has 7 nitrogen and oxygen atoms in total. The van der Waals surface area contributed by atoms with Crippen LogP contribution in [-0.4, -0.2) is 55.0 Å². The monoisotopic (exact) mass is 372 g/mol. The molecule has 2 aliphatic rings. The molecule has 0 atom stereocenters. The van der Waals surface area contributed by atoms with Gasteiger partial charge in [-0.2, -0.15) is 0 Å². The van der Waals surface area contributed by atoms with E-state index in [9.17, 15) is 14.4 Å². The van der Waals surface area contributed by atoms with Gasteiger partial charge in [0, 0.05) is 38.8 Å². The molecule has 1 saturated carbocycles. The molecule has 7 heteroatoms. The van der Waals surface area contributed by atoms with Crippen LogP contribution in [0.4, 0.5) is 10.5 Å². The number of carbonyl (C=O) groups is 3. The summed E-state index contributed by atoms with van der Waals surface area (Å²) >= 11 is 0. The first kappa shape index (κ1) is 19.2. The molecule has 146 valence electrons. The Morgan fingerprint density at radius 3 is 2.63 bits per heavy atom. The summed E-state index contributed by atoms with van der Waals surface area (Å²) in [6.07, 6.45) is 4.18. The Hall–Kier alpha value is -2.57. The van der Waals surface area contributed by atoms with Crippen LogP contribution in [0.2, 0.25) is 0 Å². The zero-order valence-electron chi connectivity index (χ0n) is 15.9. The molecule has 2 N–H and O–H groups in total. The maximum absolute atomic E-state index is 12.5. The average molecular weight is 372 g/mol. The van der Waals surface area contributed by atoms with E-state index in [0.717, 1.165) is 31.4 Å². The maximum atomic E-state index is 12.5. The molecule has 3 rings (SSSR count). The number of urea groups is 1. The summed E-state index contributed by atoms with van der Waals surface area (Å²) < 4.78 is 0. The lowest BCUT2D eigenvalue weighted by atomic mass is 9.98. The SMILES string of the molecule is CN(CCNC(=O)CCCN1C(=O)NC2(CCCC2)C1=O)c1ccccc1. The van der Waals surface area contributed by atoms with Crippen LogP contribution in [0.5, 0.6) is 0 Å². The van der Waals surface area contributed by atoms with Crippen molar-refractivity contribution in [3.8, 4) is 0 Å². The van der Waals surface area contributed by atoms with Crippen LogP contribution in [0.15, 0.2) is 30.3 Å². The summed E-state index contributed by atoms with van der Waals surface area (Å²) in [5.41, 5.74) is 0.438. The third-order valence-electron chi connectivity index (χ3n) is 5.45. The van der Waals surface area contributed by atoms with E-state index in [-0.39, 0.29) is 17.8 Å². The third-order valence-corrected chi connectivity index (χ3v) is 5.45. The number of hydrogen-bond donors (Lipinski definition) is 2. The highest BCUT2D eigenvalue weighted by atomic mass is 16.2. The largest absolute Gasteiger partial charge is 0.373 e. The number of likely N-dealkylation sites (N-methyl/N-ethyl adjacent to an activating group) is 1. The molecule has 1 aromatic rings. The number of nitrogens with one attached hydrogen (secondary N) is 2. The maximum Gasteiger partial charge on any atom is 0.325 e. The minimum Gasteiger partial charge on any atom is -0.373 e. The van der Waals surface area contributed by atoms with Crippen LogP contribution in [0.25, 0.3) is 0 Å². The first-order chi connectivity index (χ1) is 13.0. The predicted octanol–water partition coefficient (Wildman–Crippen LogP) is 1.88. The summed E-state index contributed by atoms with van der Waals surface area (Å²) in [7, 11) is 1.98. The Morgan fingerprint density at radius 1 is 1.22 bits per heavy atom. The summed E-state index contributed by atoms with van der Waals surface area (Å²) in [6, 6.07) is 9.67. The first-order valence-corrected chi connectivity index (χ1v) is 9.69. The number of hydrogen-bond acceptors (Lipinski definition) is 4. The number of anilines is 1. The second-order valence-electron chi connectivity index (χ2n) is 7.39. The van der Waals surface area contributed by atoms with Crippen molar-refractivity contribution >= 4 is 23.5 Å². The number of rotatable bonds is 8. The molecular formula is C20H28N4O3. The van der Waals surface area contributed by atoms with E-state index in [1.807, 2.05) is 37.4 Å². The Kier molecular flexibility index (Phi) is 5.98. The van der Waals surface area contributed by atoms with Gasteiger partial charge >= 0.3 is 6.03 Å². The fourth-order valence-corrected chi connectivity index (χ4v) is 3.86. The van der Waals surface area contributed by atoms with Gasteiger partial charge in [-0.05, 0) is 31.4 Å². The van der Waals surface area contributed by atoms with Gasteiger partial charge in [-0.3, -0.25) is 14.5 Å². The van der Waals surface area contributed by atoms with Crippen LogP contribution < -0.4 is 15.5 Å². The quantitative estimate of drug-likeness (QED) is 0.683. The highest BCUT2D eigenvalue weighted by Crippen LogP contribution is 2.35. The highest BCUT2D eigenvalue weighted by molar-refractivity contribution is 6.07. The van der Waals surface area contributed by atoms with Crippen LogP contribution in [0.1, 0.15) is 38.5 Å². The minimum atomic E-state index is -0.665. The van der Waals surface area contributed by atoms with E-state index in [1.54, 1.807) is 0 Å². The molecule has 27 heavy (non-hydrogen) atoms. The van der Waals surface area contributed by atoms with E-state index >= 15 is 0 Å². The Labute approximate surface area is 160 Å². The van der Waals surface area contributed by atoms with Crippen molar-refractivity contribution in [2.75, 3.05) is 31.6 Å². The number of benzene rings is 1. The summed E-state index contributed by atoms with van der Waals surface area (Å²) in [6.45, 7) is 1.56. The van der Waals surface area contributed by atoms with Gasteiger partial charge in [0.25, 0.3) is 5.91 Å². The van der Waals surface area contributed by atoms with E-state index in [1.165, 1.54) is 4.90 Å². The number of para-hydroxylation sites is 1. The van der Waals surface area contributed by atoms with E-state index in [2.05, 4.69) is 15.5 Å². The smallest absolute Gasteiger partial charge is 0.325 e. The van der Waals surface area contributed by atoms with Crippen LogP contribution in [0, 0.1) is 0 Å². The molecule has 1 spiro atoms. The average Bonchev–Trinajstić information content (AvgIpc) is 3.23. The molecular weight excluding hydrogens is 344 g/mol. The number of imide groups is 1. The Bertz CT molecular complexity index is 686. The normalized spacial score (nSPS) is 18.0. The molecule has 1 aliphatic carbocycles. The lowest BCUT2D eigenvalue weighted by Gasteiger charge is -2.20. The molecule has 1 aliphatic heterocycles. The minimum absolute atomic E-state index is 0.0564. The summed E-state index contributed by atoms with van der Waals surface area (Å²) in [5.74, 6) is -0.172. The molecule has 1 saturated heterocycles. The standard InChI is InChI=1S/C20H28N4O3/c1-23(16-8-3-2-4-9-16)15-13-21-17(25)10-7-14-24-18(26)20(22-19(24)27)11-5-6-12-20/h2-4,8-9H,5-7,10-15H2,1H3,(H,21,25)(H,22,27). The van der Waals surface area contributed by atoms with Crippen molar-refractivity contribution < 1.29 is 14.4 Å². The lowest BCUT2D eigenvalue weighted by Crippen LogP contribution is -2.44. The van der Waals surface area contributed by atoms with Gasteiger partial charge in [0.05, 0.1) is 0 Å². The third kappa shape index (κ3) is 4.40. The number of carbonyl (C=O) groups excluding carboxylic acids is 3. The van der Waals surface area contributed by atoms with Crippen molar-refractivity contribution in [2.45, 2.75) is 44.1 Å². The fourth-order valence-electron chi connectivity index (χ4n) is 3.86. The zero-order chi connectivity index (χ0) is 19.3. The van der Waals surface area contributed by atoms with Gasteiger partial charge < -0.3 is 15.5 Å². The van der Waals surface area contributed by atoms with Gasteiger partial charge in [0.2, 0.25) is 5.91 Å². The van der Waals surface area contributed by atoms with Gasteiger partial charge in [-0.25, -0.2) is 4.79 Å². The molecule has 0 unspecified atom stereocenters. The lowest BCUT2D eigenvalue weighted by molar-refractivity contribution is -0.131. The van der Waals surface area contributed by atoms with E-state index in [0.29, 0.717) is 32.5 Å². The van der Waals surface area contributed by atoms with E-state index < -0.39 is 5.54 Å². The Morgan fingerprint density at radius 2 is 1.93 bits per heavy atom. The van der Waals surface area contributed by atoms with Gasteiger partial charge in [-0.1, -0.05) is 31.0 Å². The molecule has 4 amide bonds. The van der Waals surface area contributed by atoms with Crippen molar-refractivity contribution in [3.05, 3.63) is 30.3 Å². The summed E-state index contributed by atoms with van der Waals surface area (Å²) in [5, 5.41) is 5.76. The molecule has 0 aromatic heterocycles. The number of amides is 4. The molecule has 1 aromatic carbocycles. The van der Waals surface area contributed by atoms with E-state index in [4.69, 9.17) is 0 Å². The molecule has 0 bridgehead atoms. The molecule has 0 radical (unpaired) electrons. The second-order valence-corrected chi connectivity index (χ2v) is 7.39. The van der Waals surface area contributed by atoms with Crippen LogP contribution in [-0.2, 0) is 9.59 Å². The van der Waals surface area contributed by atoms with Gasteiger partial charge in [0.1, 0.15) is 5.54 Å². The predicted molar refractivity (Wildman–Crippen MR) is 103 cm³/mol. The highest BCUT2D eigenvalue weighted by Gasteiger charge is 2.51. The first-order valence-electron chi connectivity index (χ1n) is 9.69. The topological polar surface area (TPSA) is 81.8 Å². The molecule has 1 heterocycles. The van der Waals surface area contributed by atoms with Gasteiger partial charge in [0.15, 0.2) is 0 Å². The van der Waals surface area contributed by atoms with Crippen molar-refractivity contribution in [3.63, 3.8) is 0 Å². The van der Waals surface area contributed by atoms with Crippen molar-refractivity contribution in [1.29, 1.82) is 0 Å². The fraction of sp³-hybridized carbons (Fsp3) is 0.550. The van der Waals surface area contributed by atoms with Crippen LogP contribution in [0.3, 0.4) is 0 Å². The Balaban J connectivity index is 1.35. The van der Waals surface area contributed by atoms with Crippen LogP contribution >= 0.6 is 0 Å². The zero-order valence-corrected chi connectivity index (χ0v) is 15.9. The second kappa shape index (κ2) is 8.41. The van der Waals surface area contributed by atoms with Crippen molar-refractivity contribution in [1.82, 2.24) is 15.5 Å². The van der Waals surface area contributed by atoms with Crippen molar-refractivity contribution in [2.24, 2.45) is 0 Å². The molecule has 2 fully saturated rings. The number of nitrogens with zero attached hydrogens (tertiary/aromatic N) is 2. The summed E-state index contributed by atoms with van der Waals surface area (Å²) in [4.78, 5) is 40.0.